The zero-order chi connectivity index (χ0) is 17.9. The molecule has 1 aliphatic heterocycles. The minimum Gasteiger partial charge on any atom is -0.395 e. The van der Waals surface area contributed by atoms with Gasteiger partial charge in [-0.1, -0.05) is 18.2 Å². The van der Waals surface area contributed by atoms with Crippen molar-refractivity contribution in [3.05, 3.63) is 65.6 Å². The van der Waals surface area contributed by atoms with Gasteiger partial charge in [-0.25, -0.2) is 0 Å². The number of hydrogen-bond acceptors (Lipinski definition) is 4. The number of aliphatic hydroxyl groups excluding tert-OH is 1. The molecule has 136 valence electrons. The first-order valence-corrected chi connectivity index (χ1v) is 9.32. The largest absolute Gasteiger partial charge is 0.395 e. The number of piperazine rings is 1. The number of hydrogen-bond donors (Lipinski definition) is 2. The second-order valence-electron chi connectivity index (χ2n) is 6.99. The molecule has 0 spiro atoms. The summed E-state index contributed by atoms with van der Waals surface area (Å²) in [5.74, 6) is 0. The van der Waals surface area contributed by atoms with Crippen LogP contribution in [-0.4, -0.2) is 64.2 Å². The molecule has 5 heteroatoms. The van der Waals surface area contributed by atoms with Crippen LogP contribution in [0.4, 0.5) is 0 Å². The van der Waals surface area contributed by atoms with Gasteiger partial charge < -0.3 is 10.1 Å². The van der Waals surface area contributed by atoms with Crippen LogP contribution >= 0.6 is 0 Å². The number of aliphatic hydroxyl groups is 1. The fourth-order valence-corrected chi connectivity index (χ4v) is 4.14. The summed E-state index contributed by atoms with van der Waals surface area (Å²) in [5.41, 5.74) is 5.06. The van der Waals surface area contributed by atoms with Gasteiger partial charge in [0, 0.05) is 67.3 Å². The van der Waals surface area contributed by atoms with E-state index < -0.39 is 0 Å². The molecule has 1 aliphatic rings. The van der Waals surface area contributed by atoms with Gasteiger partial charge in [0.2, 0.25) is 0 Å². The molecule has 0 radical (unpaired) electrons. The van der Waals surface area contributed by atoms with E-state index in [9.17, 15) is 5.11 Å². The highest BCUT2D eigenvalue weighted by Gasteiger charge is 2.29. The van der Waals surface area contributed by atoms with Crippen LogP contribution in [-0.2, 0) is 0 Å². The van der Waals surface area contributed by atoms with Crippen LogP contribution in [0, 0.1) is 6.92 Å². The van der Waals surface area contributed by atoms with Gasteiger partial charge in [-0.3, -0.25) is 14.8 Å². The number of nitrogens with zero attached hydrogens (tertiary/aromatic N) is 3. The molecule has 3 aromatic rings. The van der Waals surface area contributed by atoms with Crippen LogP contribution in [0.2, 0.25) is 0 Å². The van der Waals surface area contributed by atoms with Gasteiger partial charge >= 0.3 is 0 Å². The van der Waals surface area contributed by atoms with Crippen LogP contribution in [0.25, 0.3) is 10.9 Å². The Labute approximate surface area is 154 Å². The van der Waals surface area contributed by atoms with Crippen LogP contribution in [0.1, 0.15) is 22.9 Å². The minimum atomic E-state index is 0.213. The maximum Gasteiger partial charge on any atom is 0.0627 e. The maximum absolute atomic E-state index is 9.21. The van der Waals surface area contributed by atoms with E-state index in [1.54, 1.807) is 0 Å². The van der Waals surface area contributed by atoms with Crippen LogP contribution in [0.3, 0.4) is 0 Å². The summed E-state index contributed by atoms with van der Waals surface area (Å²) in [6.07, 6.45) is 3.77. The molecule has 0 saturated carbocycles. The molecule has 0 aliphatic carbocycles. The van der Waals surface area contributed by atoms with Gasteiger partial charge in [0.1, 0.15) is 0 Å². The molecule has 26 heavy (non-hydrogen) atoms. The molecular formula is C21H26N4O. The molecule has 1 saturated heterocycles. The average molecular weight is 350 g/mol. The molecule has 1 atom stereocenters. The maximum atomic E-state index is 9.21. The molecule has 2 aromatic heterocycles. The number of H-pyrrole nitrogens is 1. The van der Waals surface area contributed by atoms with Gasteiger partial charge in [0.25, 0.3) is 0 Å². The van der Waals surface area contributed by atoms with Gasteiger partial charge in [-0.15, -0.1) is 0 Å². The van der Waals surface area contributed by atoms with E-state index in [1.807, 2.05) is 12.4 Å². The highest BCUT2D eigenvalue weighted by atomic mass is 16.3. The Morgan fingerprint density at radius 3 is 2.54 bits per heavy atom. The van der Waals surface area contributed by atoms with E-state index in [2.05, 4.69) is 63.1 Å². The molecule has 0 unspecified atom stereocenters. The molecule has 3 heterocycles. The van der Waals surface area contributed by atoms with Crippen molar-refractivity contribution in [2.45, 2.75) is 13.0 Å². The first-order valence-electron chi connectivity index (χ1n) is 9.32. The monoisotopic (exact) mass is 350 g/mol. The lowest BCUT2D eigenvalue weighted by molar-refractivity contribution is 0.0946. The van der Waals surface area contributed by atoms with E-state index in [-0.39, 0.29) is 12.6 Å². The van der Waals surface area contributed by atoms with E-state index in [1.165, 1.54) is 27.7 Å². The smallest absolute Gasteiger partial charge is 0.0627 e. The number of benzene rings is 1. The van der Waals surface area contributed by atoms with Crippen molar-refractivity contribution < 1.29 is 5.11 Å². The van der Waals surface area contributed by atoms with Crippen molar-refractivity contribution in [1.82, 2.24) is 19.8 Å². The Morgan fingerprint density at radius 1 is 1.08 bits per heavy atom. The van der Waals surface area contributed by atoms with Crippen LogP contribution in [0.5, 0.6) is 0 Å². The third kappa shape index (κ3) is 3.26. The number of aryl methyl sites for hydroxylation is 1. The molecular weight excluding hydrogens is 324 g/mol. The van der Waals surface area contributed by atoms with Gasteiger partial charge in [-0.2, -0.15) is 0 Å². The summed E-state index contributed by atoms with van der Waals surface area (Å²) in [7, 11) is 0. The topological polar surface area (TPSA) is 55.4 Å². The lowest BCUT2D eigenvalue weighted by atomic mass is 9.94. The van der Waals surface area contributed by atoms with E-state index in [0.29, 0.717) is 0 Å². The SMILES string of the molecule is Cc1[nH]c2ccccc2c1[C@@H](c1ccncc1)N1CCN(CCO)CC1. The normalized spacial score (nSPS) is 17.6. The summed E-state index contributed by atoms with van der Waals surface area (Å²) in [6, 6.07) is 13.0. The number of para-hydroxylation sites is 1. The summed E-state index contributed by atoms with van der Waals surface area (Å²) < 4.78 is 0. The minimum absolute atomic E-state index is 0.213. The molecule has 0 bridgehead atoms. The number of β-amino-alcohol motifs (C(OH)–C–C–N with tert-alkyl or cyclic N) is 1. The summed E-state index contributed by atoms with van der Waals surface area (Å²) in [4.78, 5) is 12.7. The predicted octanol–water partition coefficient (Wildman–Crippen LogP) is 2.57. The number of aromatic amines is 1. The van der Waals surface area contributed by atoms with E-state index in [0.717, 1.165) is 32.7 Å². The zero-order valence-electron chi connectivity index (χ0n) is 15.2. The number of fused-ring (bicyclic) bond motifs is 1. The van der Waals surface area contributed by atoms with Gasteiger partial charge in [-0.05, 0) is 30.7 Å². The average Bonchev–Trinajstić information content (AvgIpc) is 3.01. The molecule has 2 N–H and O–H groups in total. The Bertz CT molecular complexity index is 853. The first-order chi connectivity index (χ1) is 12.8. The molecule has 4 rings (SSSR count). The Kier molecular flexibility index (Phi) is 5.02. The summed E-state index contributed by atoms with van der Waals surface area (Å²) >= 11 is 0. The summed E-state index contributed by atoms with van der Waals surface area (Å²) in [6.45, 7) is 7.13. The number of nitrogens with one attached hydrogen (secondary N) is 1. The highest BCUT2D eigenvalue weighted by Crippen LogP contribution is 2.36. The number of rotatable bonds is 5. The third-order valence-corrected chi connectivity index (χ3v) is 5.43. The Balaban J connectivity index is 1.74. The van der Waals surface area contributed by atoms with Crippen molar-refractivity contribution in [3.63, 3.8) is 0 Å². The molecule has 1 aromatic carbocycles. The van der Waals surface area contributed by atoms with Gasteiger partial charge in [0.05, 0.1) is 12.6 Å². The second-order valence-corrected chi connectivity index (χ2v) is 6.99. The quantitative estimate of drug-likeness (QED) is 0.743. The number of pyridine rings is 1. The standard InChI is InChI=1S/C21H26N4O/c1-16-20(18-4-2-3-5-19(18)23-16)21(17-6-8-22-9-7-17)25-12-10-24(11-13-25)14-15-26/h2-9,21,23,26H,10-15H2,1H3/t21-/m1/s1. The third-order valence-electron chi connectivity index (χ3n) is 5.43. The highest BCUT2D eigenvalue weighted by molar-refractivity contribution is 5.85. The lowest BCUT2D eigenvalue weighted by Crippen LogP contribution is -2.48. The van der Waals surface area contributed by atoms with Crippen molar-refractivity contribution in [1.29, 1.82) is 0 Å². The zero-order valence-corrected chi connectivity index (χ0v) is 15.2. The van der Waals surface area contributed by atoms with E-state index >= 15 is 0 Å². The molecule has 1 fully saturated rings. The first kappa shape index (κ1) is 17.2. The molecule has 5 nitrogen and oxygen atoms in total. The number of aromatic nitrogens is 2. The summed E-state index contributed by atoms with van der Waals surface area (Å²) in [5, 5.41) is 10.5. The Morgan fingerprint density at radius 2 is 1.81 bits per heavy atom. The van der Waals surface area contributed by atoms with Crippen LogP contribution in [0.15, 0.2) is 48.8 Å². The van der Waals surface area contributed by atoms with Crippen LogP contribution < -0.4 is 0 Å². The lowest BCUT2D eigenvalue weighted by Gasteiger charge is -2.39. The molecule has 0 amide bonds. The van der Waals surface area contributed by atoms with E-state index in [4.69, 9.17) is 0 Å². The Hall–Kier alpha value is -2.21. The second kappa shape index (κ2) is 7.58. The predicted molar refractivity (Wildman–Crippen MR) is 104 cm³/mol. The van der Waals surface area contributed by atoms with Crippen molar-refractivity contribution in [2.24, 2.45) is 0 Å². The van der Waals surface area contributed by atoms with Crippen molar-refractivity contribution >= 4 is 10.9 Å². The van der Waals surface area contributed by atoms with Crippen molar-refractivity contribution in [2.75, 3.05) is 39.3 Å². The van der Waals surface area contributed by atoms with Crippen molar-refractivity contribution in [3.8, 4) is 0 Å². The van der Waals surface area contributed by atoms with Gasteiger partial charge in [0.15, 0.2) is 0 Å². The fourth-order valence-electron chi connectivity index (χ4n) is 4.14. The fraction of sp³-hybridized carbons (Fsp3) is 0.381.